The summed E-state index contributed by atoms with van der Waals surface area (Å²) < 4.78 is 144. The van der Waals surface area contributed by atoms with Gasteiger partial charge < -0.3 is 75.0 Å². The van der Waals surface area contributed by atoms with E-state index >= 15 is 0 Å². The number of anilines is 12. The number of nitriles is 3. The summed E-state index contributed by atoms with van der Waals surface area (Å²) in [5.74, 6) is 0. The van der Waals surface area contributed by atoms with E-state index in [-0.39, 0.29) is 63.2 Å². The van der Waals surface area contributed by atoms with Crippen LogP contribution in [0.15, 0.2) is 316 Å². The zero-order valence-electron chi connectivity index (χ0n) is 101. The van der Waals surface area contributed by atoms with Crippen LogP contribution in [0.3, 0.4) is 0 Å². The van der Waals surface area contributed by atoms with Gasteiger partial charge in [0, 0.05) is 71.2 Å². The van der Waals surface area contributed by atoms with E-state index < -0.39 is 41.9 Å². The van der Waals surface area contributed by atoms with Crippen molar-refractivity contribution in [3.05, 3.63) is 452 Å². The molecule has 4 aromatic heterocycles. The van der Waals surface area contributed by atoms with Crippen LogP contribution in [-0.2, 0) is 63.2 Å². The van der Waals surface area contributed by atoms with Gasteiger partial charge in [0.15, 0.2) is 0 Å². The number of rotatable bonds is 18. The van der Waals surface area contributed by atoms with Gasteiger partial charge in [0.25, 0.3) is 0 Å². The van der Waals surface area contributed by atoms with Gasteiger partial charge in [-0.2, -0.15) is 55.8 Å². The summed E-state index contributed by atoms with van der Waals surface area (Å²) in [6.07, 6.45) is 9.84. The van der Waals surface area contributed by atoms with Crippen molar-refractivity contribution in [2.24, 2.45) is 0 Å². The maximum absolute atomic E-state index is 8.88. The molecular formula is C126H115N19Pt3. The van der Waals surface area contributed by atoms with Crippen LogP contribution in [0.5, 0.6) is 0 Å². The summed E-state index contributed by atoms with van der Waals surface area (Å²) in [6, 6.07) is 104. The molecule has 0 bridgehead atoms. The van der Waals surface area contributed by atoms with Crippen molar-refractivity contribution in [1.82, 2.24) is 29.7 Å². The van der Waals surface area contributed by atoms with Gasteiger partial charge in [0.1, 0.15) is 0 Å². The van der Waals surface area contributed by atoms with Crippen molar-refractivity contribution in [2.45, 2.75) is 83.1 Å². The van der Waals surface area contributed by atoms with Crippen molar-refractivity contribution in [3.63, 3.8) is 0 Å². The van der Waals surface area contributed by atoms with Gasteiger partial charge in [0.05, 0.1) is 34.9 Å². The third kappa shape index (κ3) is 24.7. The van der Waals surface area contributed by atoms with E-state index in [4.69, 9.17) is 40.5 Å². The summed E-state index contributed by atoms with van der Waals surface area (Å²) in [7, 11) is 0. The van der Waals surface area contributed by atoms with Gasteiger partial charge in [-0.15, -0.1) is 139 Å². The molecule has 22 heteroatoms. The van der Waals surface area contributed by atoms with Gasteiger partial charge in [0.2, 0.25) is 0 Å². The fraction of sp³-hybridized carbons (Fsp3) is 0.143. The average Bonchev–Trinajstić information content (AvgIpc) is 1.61. The Hall–Kier alpha value is -15.5. The van der Waals surface area contributed by atoms with Gasteiger partial charge in [-0.3, -0.25) is 4.98 Å². The summed E-state index contributed by atoms with van der Waals surface area (Å²) in [5.41, 5.74) is 32.2. The van der Waals surface area contributed by atoms with Gasteiger partial charge in [-0.1, -0.05) is 187 Å². The van der Waals surface area contributed by atoms with Gasteiger partial charge in [-0.25, -0.2) is 0 Å². The Labute approximate surface area is 939 Å². The monoisotopic (exact) mass is 2500 g/mol. The van der Waals surface area contributed by atoms with Gasteiger partial charge >= 0.3 is 63.2 Å². The minimum Gasteiger partial charge on any atom is -0.657 e. The maximum Gasteiger partial charge on any atom is 4.00 e. The second-order valence-electron chi connectivity index (χ2n) is 35.6. The molecule has 3 N–H and O–H groups in total. The number of fused-ring (bicyclic) bond motifs is 11. The fourth-order valence-electron chi connectivity index (χ4n) is 18.6. The van der Waals surface area contributed by atoms with Crippen molar-refractivity contribution in [1.29, 1.82) is 15.8 Å². The Morgan fingerprint density at radius 3 is 1.13 bits per heavy atom. The van der Waals surface area contributed by atoms with Crippen LogP contribution in [0.1, 0.15) is 109 Å². The molecule has 0 aliphatic carbocycles. The molecule has 148 heavy (non-hydrogen) atoms. The van der Waals surface area contributed by atoms with E-state index in [1.54, 1.807) is 114 Å². The largest absolute Gasteiger partial charge is 4.00 e. The number of pyridine rings is 1. The molecule has 3 aliphatic rings. The Morgan fingerprint density at radius 2 is 0.730 bits per heavy atom. The Morgan fingerprint density at radius 1 is 0.365 bits per heavy atom. The molecule has 0 radical (unpaired) electrons. The minimum absolute atomic E-state index is 0. The Balaban J connectivity index is 0.000000161. The first-order chi connectivity index (χ1) is 77.4. The van der Waals surface area contributed by atoms with E-state index in [1.807, 2.05) is 217 Å². The molecule has 22 rings (SSSR count). The molecule has 0 saturated carbocycles. The number of benzene rings is 15. The van der Waals surface area contributed by atoms with Crippen LogP contribution >= 0.6 is 0 Å². The summed E-state index contributed by atoms with van der Waals surface area (Å²) in [5, 5.41) is 42.4. The van der Waals surface area contributed by atoms with Crippen LogP contribution in [0.4, 0.5) is 68.2 Å². The van der Waals surface area contributed by atoms with Crippen molar-refractivity contribution in [3.8, 4) is 51.6 Å². The Bertz CT molecular complexity index is 8560. The van der Waals surface area contributed by atoms with Crippen LogP contribution in [0.2, 0.25) is 0 Å². The first-order valence-electron chi connectivity index (χ1n) is 55.9. The van der Waals surface area contributed by atoms with E-state index in [9.17, 15) is 0 Å². The number of hydrogen-bond donors (Lipinski definition) is 3. The smallest absolute Gasteiger partial charge is 0.657 e. The number of aromatic nitrogens is 4. The van der Waals surface area contributed by atoms with Crippen molar-refractivity contribution < 1.29 is 87.9 Å². The van der Waals surface area contributed by atoms with E-state index in [0.717, 1.165) is 159 Å². The average molecular weight is 2500 g/mol. The minimum atomic E-state index is -2.44. The van der Waals surface area contributed by atoms with Gasteiger partial charge in [-0.05, 0) is 316 Å². The van der Waals surface area contributed by atoms with Crippen molar-refractivity contribution >= 4 is 134 Å². The molecule has 0 amide bonds. The first-order valence-corrected chi connectivity index (χ1v) is 46.9. The second-order valence-corrected chi connectivity index (χ2v) is 35.6. The molecule has 7 heterocycles. The van der Waals surface area contributed by atoms with Crippen LogP contribution in [0, 0.1) is 168 Å². The quantitative estimate of drug-likeness (QED) is 0.0687. The molecule has 19 aromatic rings. The molecule has 0 unspecified atom stereocenters. The molecule has 15 aromatic carbocycles. The first kappa shape index (κ1) is 85.7. The van der Waals surface area contributed by atoms with Crippen LogP contribution in [0.25, 0.3) is 98.8 Å². The summed E-state index contributed by atoms with van der Waals surface area (Å²) in [4.78, 5) is 30.0. The number of nitrogens with zero attached hydrogens (tertiary/aromatic N) is 16. The number of allylic oxidation sites excluding steroid dienone is 1. The molecule has 3 aliphatic heterocycles. The second kappa shape index (κ2) is 48.7. The summed E-state index contributed by atoms with van der Waals surface area (Å²) in [6.45, 7) is 18.6. The Kier molecular flexibility index (Phi) is 28.2. The SMILES string of the molecule is N#Cc1ccc2[n-]c3ccc(C#N)cc3c2c1.N#Cc1ccc2[n-]c3ccccc3c2c1.[2H]C([2H])([2H])N([CH-]Nc1[c-]c(N2[CH-]N(C([2H])([2H])[2H])c3ccccc32)cc(-c2c(C)cc(C)cc2C)c1)c1ccccc1C.[2H]C([2H])([2H])N([CH-]Nc1[c-]c(N2[CH-]N(C([2H])([2H])[2H])c3ccccc32)cc(-c2c(C)cc(C)cc2C)c1)c1ccccc1C.[2H]C([2H])([2H])N1C=CN(c2[c-]c(N[CH-]N(/C=C\C)C([2H])([2H])[2H])cc(-c3c(C)cc(C)cc3C)c2)[CH-]1.[Pt+4].[Pt+4].[Pt+4].c1ccc2c(c1)[n-]c1cnccc12. The predicted octanol–water partition coefficient (Wildman–Crippen LogP) is 28.8. The third-order valence-electron chi connectivity index (χ3n) is 24.9. The molecular weight excluding hydrogens is 2360 g/mol. The van der Waals surface area contributed by atoms with E-state index in [0.29, 0.717) is 84.9 Å². The number of aryl methyl sites for hydroxylation is 11. The number of para-hydroxylation sites is 8. The fourth-order valence-corrected chi connectivity index (χ4v) is 18.6. The third-order valence-corrected chi connectivity index (χ3v) is 24.9. The maximum atomic E-state index is 8.88. The van der Waals surface area contributed by atoms with Crippen LogP contribution < -0.4 is 65.2 Å². The molecule has 744 valence electrons. The topological polar surface area (TPSA) is 192 Å². The van der Waals surface area contributed by atoms with E-state index in [2.05, 4.69) is 156 Å². The van der Waals surface area contributed by atoms with Crippen molar-refractivity contribution in [2.75, 3.05) is 92.1 Å². The molecule has 0 saturated heterocycles. The zero-order valence-corrected chi connectivity index (χ0v) is 89.9. The molecule has 0 atom stereocenters. The van der Waals surface area contributed by atoms with E-state index in [1.165, 1.54) is 69.4 Å². The number of nitrogens with one attached hydrogen (secondary N) is 3. The normalized spacial score (nSPS) is 14.2. The molecule has 0 spiro atoms. The zero-order chi connectivity index (χ0) is 117. The summed E-state index contributed by atoms with van der Waals surface area (Å²) >= 11 is 0. The standard InChI is InChI=1S/2C32H33N4.C24H29N4.C14H6N3.C13H7N2.C11H7N2.3Pt/c2*1-22-15-24(3)32(25(4)16-22)26-17-27(33-20-34(5)29-12-8-7-11-23(29)2)19-28(18-26)36-21-35(6)30-13-9-10-14-31(30)36;1-7-8-26(5)16-25-22-13-21(24-19(3)11-18(2)12-20(24)4)14-23(15-22)28-10-9-27(6)17-28;15-7-9-1-3-13-11(5-9)12-6-10(8-16)2-4-14(12)17-13;14-8-9-5-6-13-11(7-9)10-3-1-2-4-12(10)15-13;1-2-4-10-8(3-1)9-5-6-12-7-11(9)13-10;;;/h2*7-18,20-21,33H,1-6H3;7-14,16-17,25H,1-6H3;1-6H;1-7H;1-7H;;;/q3*-3;3*-1;3*+4/b;;8-7-;;;;;;/i3*5D3,6D3;;;;;;. The number of hydrogen-bond acceptors (Lipinski definition) is 16. The molecule has 0 fully saturated rings. The molecule has 19 nitrogen and oxygen atoms in total. The predicted molar refractivity (Wildman–Crippen MR) is 603 cm³/mol. The van der Waals surface area contributed by atoms with Crippen LogP contribution in [-0.4, -0.2) is 56.6 Å².